The van der Waals surface area contributed by atoms with Gasteiger partial charge in [-0.25, -0.2) is 0 Å². The van der Waals surface area contributed by atoms with Crippen LogP contribution in [0.15, 0.2) is 34.8 Å². The monoisotopic (exact) mass is 354 g/mol. The Morgan fingerprint density at radius 2 is 2.00 bits per heavy atom. The Morgan fingerprint density at radius 3 is 2.65 bits per heavy atom. The maximum atomic E-state index is 11.0. The quantitative estimate of drug-likeness (QED) is 0.622. The van der Waals surface area contributed by atoms with Gasteiger partial charge in [-0.15, -0.1) is 11.3 Å². The molecule has 0 bridgehead atoms. The zero-order chi connectivity index (χ0) is 14.5. The summed E-state index contributed by atoms with van der Waals surface area (Å²) in [5, 5.41) is 14.2. The van der Waals surface area contributed by atoms with Gasteiger partial charge in [0.05, 0.1) is 4.92 Å². The van der Waals surface area contributed by atoms with Crippen molar-refractivity contribution in [2.45, 2.75) is 26.4 Å². The fourth-order valence-corrected chi connectivity index (χ4v) is 3.24. The average molecular weight is 355 g/mol. The minimum atomic E-state index is -0.343. The van der Waals surface area contributed by atoms with Gasteiger partial charge in [0.1, 0.15) is 0 Å². The molecule has 0 saturated heterocycles. The van der Waals surface area contributed by atoms with E-state index < -0.39 is 0 Å². The Bertz CT molecular complexity index is 613. The van der Waals surface area contributed by atoms with E-state index in [9.17, 15) is 10.1 Å². The molecule has 1 aromatic heterocycles. The first-order valence-electron chi connectivity index (χ1n) is 6.31. The molecule has 0 aliphatic heterocycles. The second kappa shape index (κ2) is 6.97. The summed E-state index contributed by atoms with van der Waals surface area (Å²) in [6, 6.07) is 9.24. The summed E-state index contributed by atoms with van der Waals surface area (Å²) in [4.78, 5) is 13.2. The molecule has 0 aliphatic carbocycles. The molecule has 0 atom stereocenters. The highest BCUT2D eigenvalue weighted by atomic mass is 79.9. The second-order valence-electron chi connectivity index (χ2n) is 4.36. The SMILES string of the molecule is CCc1ccc(CNCc2cc(Br)ccc2[N+](=O)[O-])s1. The van der Waals surface area contributed by atoms with E-state index in [1.54, 1.807) is 23.5 Å². The molecule has 1 heterocycles. The lowest BCUT2D eigenvalue weighted by atomic mass is 10.2. The van der Waals surface area contributed by atoms with Crippen molar-refractivity contribution in [1.82, 2.24) is 5.32 Å². The zero-order valence-electron chi connectivity index (χ0n) is 11.1. The van der Waals surface area contributed by atoms with E-state index in [1.807, 2.05) is 0 Å². The molecule has 0 radical (unpaired) electrons. The van der Waals surface area contributed by atoms with Crippen LogP contribution in [0.25, 0.3) is 0 Å². The predicted octanol–water partition coefficient (Wildman–Crippen LogP) is 4.27. The van der Waals surface area contributed by atoms with Crippen molar-refractivity contribution in [2.24, 2.45) is 0 Å². The molecular formula is C14H15BrN2O2S. The Hall–Kier alpha value is -1.24. The van der Waals surface area contributed by atoms with Gasteiger partial charge in [-0.05, 0) is 30.7 Å². The van der Waals surface area contributed by atoms with Crippen molar-refractivity contribution < 1.29 is 4.92 Å². The number of nitro benzene ring substituents is 1. The van der Waals surface area contributed by atoms with E-state index in [0.29, 0.717) is 12.1 Å². The van der Waals surface area contributed by atoms with Crippen LogP contribution in [-0.4, -0.2) is 4.92 Å². The molecule has 106 valence electrons. The summed E-state index contributed by atoms with van der Waals surface area (Å²) in [6.07, 6.45) is 1.04. The van der Waals surface area contributed by atoms with Crippen LogP contribution in [0.5, 0.6) is 0 Å². The van der Waals surface area contributed by atoms with Gasteiger partial charge in [0.25, 0.3) is 5.69 Å². The smallest absolute Gasteiger partial charge is 0.273 e. The van der Waals surface area contributed by atoms with Gasteiger partial charge in [0, 0.05) is 38.9 Å². The lowest BCUT2D eigenvalue weighted by Crippen LogP contribution is -2.13. The molecular weight excluding hydrogens is 340 g/mol. The molecule has 2 rings (SSSR count). The molecule has 6 heteroatoms. The van der Waals surface area contributed by atoms with E-state index in [2.05, 4.69) is 40.3 Å². The van der Waals surface area contributed by atoms with Crippen LogP contribution >= 0.6 is 27.3 Å². The Labute approximate surface area is 130 Å². The number of aryl methyl sites for hydroxylation is 1. The Balaban J connectivity index is 2.00. The van der Waals surface area contributed by atoms with Crippen molar-refractivity contribution in [3.63, 3.8) is 0 Å². The van der Waals surface area contributed by atoms with Gasteiger partial charge >= 0.3 is 0 Å². The molecule has 20 heavy (non-hydrogen) atoms. The third-order valence-electron chi connectivity index (χ3n) is 2.92. The number of nitrogens with one attached hydrogen (secondary N) is 1. The standard InChI is InChI=1S/C14H15BrN2O2S/c1-2-12-4-5-13(20-12)9-16-8-10-7-11(15)3-6-14(10)17(18)19/h3-7,16H,2,8-9H2,1H3. The minimum absolute atomic E-state index is 0.154. The predicted molar refractivity (Wildman–Crippen MR) is 85.0 cm³/mol. The van der Waals surface area contributed by atoms with Crippen molar-refractivity contribution in [2.75, 3.05) is 0 Å². The van der Waals surface area contributed by atoms with E-state index >= 15 is 0 Å². The van der Waals surface area contributed by atoms with Crippen LogP contribution < -0.4 is 5.32 Å². The Morgan fingerprint density at radius 1 is 1.25 bits per heavy atom. The number of halogens is 1. The number of hydrogen-bond donors (Lipinski definition) is 1. The lowest BCUT2D eigenvalue weighted by molar-refractivity contribution is -0.385. The van der Waals surface area contributed by atoms with Crippen molar-refractivity contribution in [1.29, 1.82) is 0 Å². The molecule has 0 unspecified atom stereocenters. The Kier molecular flexibility index (Phi) is 5.28. The third kappa shape index (κ3) is 3.88. The molecule has 4 nitrogen and oxygen atoms in total. The molecule has 1 N–H and O–H groups in total. The molecule has 0 spiro atoms. The van der Waals surface area contributed by atoms with Crippen molar-refractivity contribution >= 4 is 33.0 Å². The highest BCUT2D eigenvalue weighted by molar-refractivity contribution is 9.10. The summed E-state index contributed by atoms with van der Waals surface area (Å²) in [6.45, 7) is 3.34. The first-order chi connectivity index (χ1) is 9.60. The topological polar surface area (TPSA) is 55.2 Å². The van der Waals surface area contributed by atoms with E-state index in [4.69, 9.17) is 0 Å². The maximum Gasteiger partial charge on any atom is 0.273 e. The van der Waals surface area contributed by atoms with Crippen LogP contribution in [0.1, 0.15) is 22.2 Å². The lowest BCUT2D eigenvalue weighted by Gasteiger charge is -2.05. The average Bonchev–Trinajstić information content (AvgIpc) is 2.86. The highest BCUT2D eigenvalue weighted by Gasteiger charge is 2.13. The van der Waals surface area contributed by atoms with Crippen molar-refractivity contribution in [3.8, 4) is 0 Å². The normalized spacial score (nSPS) is 10.7. The molecule has 0 amide bonds. The fraction of sp³-hybridized carbons (Fsp3) is 0.286. The molecule has 1 aromatic carbocycles. The van der Waals surface area contributed by atoms with Crippen molar-refractivity contribution in [3.05, 3.63) is 60.2 Å². The zero-order valence-corrected chi connectivity index (χ0v) is 13.5. The number of nitro groups is 1. The fourth-order valence-electron chi connectivity index (χ4n) is 1.90. The first-order valence-corrected chi connectivity index (χ1v) is 7.92. The molecule has 0 aliphatic rings. The largest absolute Gasteiger partial charge is 0.308 e. The van der Waals surface area contributed by atoms with Crippen LogP contribution in [-0.2, 0) is 19.5 Å². The number of thiophene rings is 1. The summed E-state index contributed by atoms with van der Waals surface area (Å²) in [7, 11) is 0. The summed E-state index contributed by atoms with van der Waals surface area (Å²) >= 11 is 5.12. The summed E-state index contributed by atoms with van der Waals surface area (Å²) < 4.78 is 0.851. The molecule has 2 aromatic rings. The van der Waals surface area contributed by atoms with E-state index in [-0.39, 0.29) is 10.6 Å². The molecule has 0 saturated carbocycles. The third-order valence-corrected chi connectivity index (χ3v) is 4.64. The van der Waals surface area contributed by atoms with Crippen LogP contribution in [0.2, 0.25) is 0 Å². The van der Waals surface area contributed by atoms with Gasteiger partial charge < -0.3 is 5.32 Å². The van der Waals surface area contributed by atoms with Gasteiger partial charge in [0.2, 0.25) is 0 Å². The van der Waals surface area contributed by atoms with Gasteiger partial charge in [-0.3, -0.25) is 10.1 Å². The summed E-state index contributed by atoms with van der Waals surface area (Å²) in [5.41, 5.74) is 0.845. The molecule has 0 fully saturated rings. The number of benzene rings is 1. The van der Waals surface area contributed by atoms with Crippen LogP contribution in [0.4, 0.5) is 5.69 Å². The number of hydrogen-bond acceptors (Lipinski definition) is 4. The number of rotatable bonds is 6. The van der Waals surface area contributed by atoms with Crippen LogP contribution in [0.3, 0.4) is 0 Å². The number of nitrogens with zero attached hydrogens (tertiary/aromatic N) is 1. The van der Waals surface area contributed by atoms with Gasteiger partial charge in [0.15, 0.2) is 0 Å². The van der Waals surface area contributed by atoms with E-state index in [0.717, 1.165) is 17.4 Å². The van der Waals surface area contributed by atoms with Gasteiger partial charge in [-0.2, -0.15) is 0 Å². The highest BCUT2D eigenvalue weighted by Crippen LogP contribution is 2.23. The maximum absolute atomic E-state index is 11.0. The van der Waals surface area contributed by atoms with Gasteiger partial charge in [-0.1, -0.05) is 22.9 Å². The van der Waals surface area contributed by atoms with Crippen LogP contribution in [0, 0.1) is 10.1 Å². The minimum Gasteiger partial charge on any atom is -0.308 e. The summed E-state index contributed by atoms with van der Waals surface area (Å²) in [5.74, 6) is 0. The van der Waals surface area contributed by atoms with E-state index in [1.165, 1.54) is 15.8 Å². The second-order valence-corrected chi connectivity index (χ2v) is 6.52. The first kappa shape index (κ1) is 15.2.